The molecular weight excluding hydrogens is 174 g/mol. The van der Waals surface area contributed by atoms with Crippen molar-refractivity contribution >= 4 is 43.2 Å². The van der Waals surface area contributed by atoms with Crippen LogP contribution in [0.25, 0.3) is 0 Å². The minimum absolute atomic E-state index is 0. The zero-order valence-electron chi connectivity index (χ0n) is 4.25. The summed E-state index contributed by atoms with van der Waals surface area (Å²) >= 11 is 0. The second kappa shape index (κ2) is 15.7. The van der Waals surface area contributed by atoms with Gasteiger partial charge in [0.25, 0.3) is 0 Å². The Kier molecular flexibility index (Phi) is 46.7. The van der Waals surface area contributed by atoms with Crippen molar-refractivity contribution in [2.75, 3.05) is 0 Å². The fourth-order valence-corrected chi connectivity index (χ4v) is 0. The van der Waals surface area contributed by atoms with Crippen molar-refractivity contribution in [3.63, 3.8) is 0 Å². The minimum Gasteiger partial charge on any atom is -0.247 e. The summed E-state index contributed by atoms with van der Waals surface area (Å²) in [5.41, 5.74) is 0. The second-order valence-electron chi connectivity index (χ2n) is 0.726. The molecular formula is C3H8Cl3O2. The Labute approximate surface area is 66.9 Å². The van der Waals surface area contributed by atoms with Gasteiger partial charge in [0.15, 0.2) is 0 Å². The Morgan fingerprint density at radius 3 is 1.38 bits per heavy atom. The van der Waals surface area contributed by atoms with Crippen LogP contribution in [0.2, 0.25) is 0 Å². The van der Waals surface area contributed by atoms with Crippen molar-refractivity contribution in [3.05, 3.63) is 0 Å². The first kappa shape index (κ1) is 23.9. The second-order valence-corrected chi connectivity index (χ2v) is 0.726. The lowest BCUT2D eigenvalue weighted by Gasteiger charge is -1.65. The van der Waals surface area contributed by atoms with E-state index in [0.29, 0.717) is 0 Å². The third-order valence-corrected chi connectivity index (χ3v) is 0.289. The molecule has 0 rings (SSSR count). The Morgan fingerprint density at radius 1 is 1.25 bits per heavy atom. The molecule has 0 bridgehead atoms. The normalized spacial score (nSPS) is 4.62. The molecule has 0 amide bonds. The predicted octanol–water partition coefficient (Wildman–Crippen LogP) is 1.62. The minimum atomic E-state index is -0.995. The number of hydrogen-bond acceptors (Lipinski definition) is 1. The summed E-state index contributed by atoms with van der Waals surface area (Å²) in [7, 11) is 0. The molecule has 0 aromatic heterocycles. The molecule has 0 aliphatic carbocycles. The first-order valence-corrected chi connectivity index (χ1v) is 1.47. The van der Waals surface area contributed by atoms with Gasteiger partial charge in [-0.1, -0.05) is 6.92 Å². The summed E-state index contributed by atoms with van der Waals surface area (Å²) < 4.78 is 0. The highest BCUT2D eigenvalue weighted by Gasteiger charge is 1.85. The highest BCUT2D eigenvalue weighted by atomic mass is 35.5. The van der Waals surface area contributed by atoms with Gasteiger partial charge in [-0.05, 0) is 0 Å². The molecule has 0 heterocycles. The Morgan fingerprint density at radius 2 is 1.38 bits per heavy atom. The third kappa shape index (κ3) is 33.0. The highest BCUT2D eigenvalue weighted by molar-refractivity contribution is 5.86. The lowest BCUT2D eigenvalue weighted by Crippen LogP contribution is -1.83. The molecule has 0 N–H and O–H groups in total. The fourth-order valence-electron chi connectivity index (χ4n) is 0. The quantitative estimate of drug-likeness (QED) is 0.607. The molecule has 0 aromatic rings. The predicted molar refractivity (Wildman–Crippen MR) is 37.7 cm³/mol. The Hall–Kier alpha value is 0.340. The molecule has 0 aromatic carbocycles. The SMILES string of the molecule is CCC([O])=O.Cl.Cl.Cl. The molecule has 0 aliphatic heterocycles. The van der Waals surface area contributed by atoms with Crippen LogP contribution >= 0.6 is 37.2 Å². The molecule has 0 aliphatic rings. The van der Waals surface area contributed by atoms with E-state index < -0.39 is 5.97 Å². The first-order chi connectivity index (χ1) is 2.27. The number of carbonyl (C=O) groups excluding carboxylic acids is 1. The highest BCUT2D eigenvalue weighted by Crippen LogP contribution is 1.68. The van der Waals surface area contributed by atoms with Gasteiger partial charge >= 0.3 is 5.97 Å². The maximum Gasteiger partial charge on any atom is 0.355 e. The maximum atomic E-state index is 9.26. The van der Waals surface area contributed by atoms with Gasteiger partial charge in [0.1, 0.15) is 0 Å². The van der Waals surface area contributed by atoms with Gasteiger partial charge in [-0.3, -0.25) is 0 Å². The molecule has 0 unspecified atom stereocenters. The summed E-state index contributed by atoms with van der Waals surface area (Å²) in [4.78, 5) is 9.26. The molecule has 0 fully saturated rings. The molecule has 2 nitrogen and oxygen atoms in total. The molecule has 0 spiro atoms. The maximum absolute atomic E-state index is 9.26. The van der Waals surface area contributed by atoms with Crippen LogP contribution in [0.3, 0.4) is 0 Å². The largest absolute Gasteiger partial charge is 0.355 e. The molecule has 0 atom stereocenters. The van der Waals surface area contributed by atoms with Gasteiger partial charge in [0, 0.05) is 6.42 Å². The van der Waals surface area contributed by atoms with Crippen molar-refractivity contribution in [2.45, 2.75) is 13.3 Å². The first-order valence-electron chi connectivity index (χ1n) is 1.47. The van der Waals surface area contributed by atoms with Gasteiger partial charge in [-0.2, -0.15) is 0 Å². The molecule has 1 radical (unpaired) electrons. The van der Waals surface area contributed by atoms with Gasteiger partial charge < -0.3 is 0 Å². The third-order valence-electron chi connectivity index (χ3n) is 0.289. The Balaban J connectivity index is -0.0000000267. The zero-order valence-corrected chi connectivity index (χ0v) is 6.70. The summed E-state index contributed by atoms with van der Waals surface area (Å²) in [6.07, 6.45) is 0.111. The molecule has 0 saturated heterocycles. The summed E-state index contributed by atoms with van der Waals surface area (Å²) in [6, 6.07) is 0. The average Bonchev–Trinajstić information content (AvgIpc) is 1.38. The standard InChI is InChI=1S/C3H5O2.3ClH/c1-2-3(4)5;;;/h2H2,1H3;3*1H. The lowest BCUT2D eigenvalue weighted by atomic mass is 10.5. The summed E-state index contributed by atoms with van der Waals surface area (Å²) in [5.74, 6) is -0.995. The van der Waals surface area contributed by atoms with Crippen LogP contribution < -0.4 is 0 Å². The average molecular weight is 182 g/mol. The van der Waals surface area contributed by atoms with E-state index in [0.717, 1.165) is 0 Å². The monoisotopic (exact) mass is 181 g/mol. The van der Waals surface area contributed by atoms with Crippen molar-refractivity contribution in [1.29, 1.82) is 0 Å². The summed E-state index contributed by atoms with van der Waals surface area (Å²) in [6.45, 7) is 1.54. The lowest BCUT2D eigenvalue weighted by molar-refractivity contribution is -0.142. The van der Waals surface area contributed by atoms with E-state index >= 15 is 0 Å². The van der Waals surface area contributed by atoms with E-state index in [4.69, 9.17) is 0 Å². The Bertz CT molecular complexity index is 47.8. The van der Waals surface area contributed by atoms with E-state index in [2.05, 4.69) is 0 Å². The molecule has 53 valence electrons. The van der Waals surface area contributed by atoms with Crippen LogP contribution in [0.5, 0.6) is 0 Å². The van der Waals surface area contributed by atoms with Crippen molar-refractivity contribution < 1.29 is 9.90 Å². The van der Waals surface area contributed by atoms with E-state index in [1.165, 1.54) is 6.92 Å². The van der Waals surface area contributed by atoms with Gasteiger partial charge in [-0.25, -0.2) is 9.90 Å². The van der Waals surface area contributed by atoms with Crippen molar-refractivity contribution in [3.8, 4) is 0 Å². The zero-order chi connectivity index (χ0) is 4.28. The van der Waals surface area contributed by atoms with Crippen LogP contribution in [-0.2, 0) is 9.90 Å². The van der Waals surface area contributed by atoms with Crippen LogP contribution in [-0.4, -0.2) is 5.97 Å². The topological polar surface area (TPSA) is 37.0 Å². The number of hydrogen-bond donors (Lipinski definition) is 0. The smallest absolute Gasteiger partial charge is 0.247 e. The van der Waals surface area contributed by atoms with E-state index in [1.54, 1.807) is 0 Å². The van der Waals surface area contributed by atoms with Crippen LogP contribution in [0.1, 0.15) is 13.3 Å². The number of rotatable bonds is 1. The number of carbonyl (C=O) groups is 1. The molecule has 0 saturated carbocycles. The summed E-state index contributed by atoms with van der Waals surface area (Å²) in [5, 5.41) is 9.26. The van der Waals surface area contributed by atoms with Crippen LogP contribution in [0, 0.1) is 0 Å². The fraction of sp³-hybridized carbons (Fsp3) is 0.667. The van der Waals surface area contributed by atoms with E-state index in [1.807, 2.05) is 0 Å². The van der Waals surface area contributed by atoms with E-state index in [-0.39, 0.29) is 43.6 Å². The van der Waals surface area contributed by atoms with Crippen LogP contribution in [0.15, 0.2) is 0 Å². The molecule has 8 heavy (non-hydrogen) atoms. The van der Waals surface area contributed by atoms with Crippen molar-refractivity contribution in [2.24, 2.45) is 0 Å². The number of halogens is 3. The molecule has 5 heteroatoms. The van der Waals surface area contributed by atoms with Gasteiger partial charge in [-0.15, -0.1) is 37.2 Å². The van der Waals surface area contributed by atoms with Crippen LogP contribution in [0.4, 0.5) is 0 Å². The van der Waals surface area contributed by atoms with Gasteiger partial charge in [0.2, 0.25) is 0 Å². The van der Waals surface area contributed by atoms with E-state index in [9.17, 15) is 9.90 Å². The van der Waals surface area contributed by atoms with Gasteiger partial charge in [0.05, 0.1) is 0 Å². The van der Waals surface area contributed by atoms with Crippen molar-refractivity contribution in [1.82, 2.24) is 0 Å².